The predicted molar refractivity (Wildman–Crippen MR) is 55.0 cm³/mol. The molecule has 1 atom stereocenters. The first-order chi connectivity index (χ1) is 8.24. The van der Waals surface area contributed by atoms with E-state index in [0.717, 1.165) is 19.2 Å². The van der Waals surface area contributed by atoms with Gasteiger partial charge in [-0.05, 0) is 23.8 Å². The zero-order valence-corrected chi connectivity index (χ0v) is 9.42. The van der Waals surface area contributed by atoms with Crippen LogP contribution in [0.3, 0.4) is 0 Å². The van der Waals surface area contributed by atoms with E-state index < -0.39 is 29.6 Å². The van der Waals surface area contributed by atoms with Crippen molar-refractivity contribution in [3.05, 3.63) is 35.1 Å². The standard InChI is InChI=1S/C11H11F4NO2/c1-18-10(17)5-9(16)6-2-7(11(13,14)15)4-8(12)3-6/h2-4,9H,5,16H2,1H3/t9-/m0/s1. The molecule has 0 fully saturated rings. The number of carbonyl (C=O) groups excluding carboxylic acids is 1. The van der Waals surface area contributed by atoms with E-state index in [1.807, 2.05) is 0 Å². The van der Waals surface area contributed by atoms with Crippen LogP contribution in [-0.4, -0.2) is 13.1 Å². The summed E-state index contributed by atoms with van der Waals surface area (Å²) in [5.74, 6) is -1.74. The Morgan fingerprint density at radius 3 is 2.50 bits per heavy atom. The van der Waals surface area contributed by atoms with Crippen LogP contribution in [0, 0.1) is 5.82 Å². The monoisotopic (exact) mass is 265 g/mol. The molecule has 0 aliphatic rings. The lowest BCUT2D eigenvalue weighted by Crippen LogP contribution is -2.17. The number of methoxy groups -OCH3 is 1. The molecule has 0 heterocycles. The van der Waals surface area contributed by atoms with E-state index in [0.29, 0.717) is 6.07 Å². The van der Waals surface area contributed by atoms with E-state index in [2.05, 4.69) is 4.74 Å². The topological polar surface area (TPSA) is 52.3 Å². The SMILES string of the molecule is COC(=O)C[C@H](N)c1cc(F)cc(C(F)(F)F)c1. The molecule has 18 heavy (non-hydrogen) atoms. The smallest absolute Gasteiger partial charge is 0.416 e. The fraction of sp³-hybridized carbons (Fsp3) is 0.364. The second kappa shape index (κ2) is 5.34. The van der Waals surface area contributed by atoms with Crippen LogP contribution in [0.5, 0.6) is 0 Å². The van der Waals surface area contributed by atoms with Crippen molar-refractivity contribution in [3.63, 3.8) is 0 Å². The van der Waals surface area contributed by atoms with Gasteiger partial charge in [0.2, 0.25) is 0 Å². The van der Waals surface area contributed by atoms with Gasteiger partial charge in [-0.25, -0.2) is 4.39 Å². The lowest BCUT2D eigenvalue weighted by atomic mass is 10.0. The van der Waals surface area contributed by atoms with Gasteiger partial charge in [-0.3, -0.25) is 4.79 Å². The van der Waals surface area contributed by atoms with E-state index in [-0.39, 0.29) is 12.0 Å². The summed E-state index contributed by atoms with van der Waals surface area (Å²) in [5.41, 5.74) is 4.27. The summed E-state index contributed by atoms with van der Waals surface area (Å²) in [5, 5.41) is 0. The maximum Gasteiger partial charge on any atom is 0.416 e. The molecule has 0 aliphatic heterocycles. The first kappa shape index (κ1) is 14.4. The fourth-order valence-electron chi connectivity index (χ4n) is 1.37. The Labute approximate surface area is 101 Å². The number of benzene rings is 1. The number of rotatable bonds is 3. The van der Waals surface area contributed by atoms with E-state index in [9.17, 15) is 22.4 Å². The van der Waals surface area contributed by atoms with Crippen LogP contribution in [0.2, 0.25) is 0 Å². The van der Waals surface area contributed by atoms with Crippen molar-refractivity contribution in [1.82, 2.24) is 0 Å². The molecule has 2 N–H and O–H groups in total. The maximum atomic E-state index is 13.1. The fourth-order valence-corrected chi connectivity index (χ4v) is 1.37. The molecule has 1 rings (SSSR count). The number of halogens is 4. The molecule has 0 aliphatic carbocycles. The molecule has 7 heteroatoms. The minimum absolute atomic E-state index is 0.104. The number of carbonyl (C=O) groups is 1. The van der Waals surface area contributed by atoms with Crippen LogP contribution in [-0.2, 0) is 15.7 Å². The molecule has 3 nitrogen and oxygen atoms in total. The average molecular weight is 265 g/mol. The van der Waals surface area contributed by atoms with Gasteiger partial charge in [0.15, 0.2) is 0 Å². The normalized spacial score (nSPS) is 13.2. The third-order valence-electron chi connectivity index (χ3n) is 2.29. The quantitative estimate of drug-likeness (QED) is 0.674. The van der Waals surface area contributed by atoms with Crippen molar-refractivity contribution in [2.24, 2.45) is 5.73 Å². The summed E-state index contributed by atoms with van der Waals surface area (Å²) in [6.45, 7) is 0. The van der Waals surface area contributed by atoms with E-state index >= 15 is 0 Å². The minimum atomic E-state index is -4.66. The third-order valence-corrected chi connectivity index (χ3v) is 2.29. The number of ether oxygens (including phenoxy) is 1. The van der Waals surface area contributed by atoms with Crippen LogP contribution in [0.15, 0.2) is 18.2 Å². The summed E-state index contributed by atoms with van der Waals surface area (Å²) >= 11 is 0. The van der Waals surface area contributed by atoms with Gasteiger partial charge < -0.3 is 10.5 Å². The first-order valence-electron chi connectivity index (χ1n) is 4.94. The van der Waals surface area contributed by atoms with E-state index in [1.165, 1.54) is 0 Å². The van der Waals surface area contributed by atoms with Crippen LogP contribution < -0.4 is 5.73 Å². The van der Waals surface area contributed by atoms with Gasteiger partial charge in [-0.1, -0.05) is 0 Å². The number of nitrogens with two attached hydrogens (primary N) is 1. The zero-order valence-electron chi connectivity index (χ0n) is 9.42. The lowest BCUT2D eigenvalue weighted by Gasteiger charge is -2.14. The predicted octanol–water partition coefficient (Wildman–Crippen LogP) is 2.41. The summed E-state index contributed by atoms with van der Waals surface area (Å²) in [4.78, 5) is 10.9. The Kier molecular flexibility index (Phi) is 4.28. The Bertz CT molecular complexity index is 445. The van der Waals surface area contributed by atoms with Crippen LogP contribution >= 0.6 is 0 Å². The van der Waals surface area contributed by atoms with Gasteiger partial charge in [0.05, 0.1) is 19.1 Å². The highest BCUT2D eigenvalue weighted by molar-refractivity contribution is 5.70. The van der Waals surface area contributed by atoms with Gasteiger partial charge in [0, 0.05) is 6.04 Å². The highest BCUT2D eigenvalue weighted by atomic mass is 19.4. The number of hydrogen-bond acceptors (Lipinski definition) is 3. The molecule has 0 spiro atoms. The molecule has 0 saturated carbocycles. The molecular weight excluding hydrogens is 254 g/mol. The highest BCUT2D eigenvalue weighted by Gasteiger charge is 2.32. The van der Waals surface area contributed by atoms with E-state index in [1.54, 1.807) is 0 Å². The van der Waals surface area contributed by atoms with Crippen molar-refractivity contribution >= 4 is 5.97 Å². The van der Waals surface area contributed by atoms with Crippen LogP contribution in [0.4, 0.5) is 17.6 Å². The van der Waals surface area contributed by atoms with Gasteiger partial charge >= 0.3 is 12.1 Å². The van der Waals surface area contributed by atoms with Crippen molar-refractivity contribution in [1.29, 1.82) is 0 Å². The maximum absolute atomic E-state index is 13.1. The van der Waals surface area contributed by atoms with Gasteiger partial charge in [-0.2, -0.15) is 13.2 Å². The van der Waals surface area contributed by atoms with Crippen molar-refractivity contribution in [3.8, 4) is 0 Å². The summed E-state index contributed by atoms with van der Waals surface area (Å²) in [6.07, 6.45) is -4.99. The lowest BCUT2D eigenvalue weighted by molar-refractivity contribution is -0.141. The Morgan fingerprint density at radius 1 is 1.39 bits per heavy atom. The molecular formula is C11H11F4NO2. The number of alkyl halides is 3. The third kappa shape index (κ3) is 3.69. The van der Waals surface area contributed by atoms with Gasteiger partial charge in [0.1, 0.15) is 5.82 Å². The summed E-state index contributed by atoms with van der Waals surface area (Å²) < 4.78 is 54.7. The molecule has 0 saturated heterocycles. The van der Waals surface area contributed by atoms with Crippen molar-refractivity contribution < 1.29 is 27.1 Å². The largest absolute Gasteiger partial charge is 0.469 e. The Morgan fingerprint density at radius 2 is 2.00 bits per heavy atom. The molecule has 0 amide bonds. The van der Waals surface area contributed by atoms with Crippen molar-refractivity contribution in [2.45, 2.75) is 18.6 Å². The van der Waals surface area contributed by atoms with E-state index in [4.69, 9.17) is 5.73 Å². The van der Waals surface area contributed by atoms with Crippen LogP contribution in [0.25, 0.3) is 0 Å². The molecule has 1 aromatic rings. The zero-order chi connectivity index (χ0) is 13.9. The average Bonchev–Trinajstić information content (AvgIpc) is 2.26. The first-order valence-corrected chi connectivity index (χ1v) is 4.94. The van der Waals surface area contributed by atoms with Gasteiger partial charge in [0.25, 0.3) is 0 Å². The molecule has 100 valence electrons. The van der Waals surface area contributed by atoms with Crippen LogP contribution in [0.1, 0.15) is 23.6 Å². The molecule has 1 aromatic carbocycles. The Balaban J connectivity index is 3.03. The summed E-state index contributed by atoms with van der Waals surface area (Å²) in [6, 6.07) is 0.905. The number of esters is 1. The van der Waals surface area contributed by atoms with Crippen molar-refractivity contribution in [2.75, 3.05) is 7.11 Å². The number of hydrogen-bond donors (Lipinski definition) is 1. The molecule has 0 unspecified atom stereocenters. The summed E-state index contributed by atoms with van der Waals surface area (Å²) in [7, 11) is 1.13. The second-order valence-electron chi connectivity index (χ2n) is 3.66. The highest BCUT2D eigenvalue weighted by Crippen LogP contribution is 2.31. The minimum Gasteiger partial charge on any atom is -0.469 e. The molecule has 0 radical (unpaired) electrons. The molecule has 0 aromatic heterocycles. The van der Waals surface area contributed by atoms with Gasteiger partial charge in [-0.15, -0.1) is 0 Å². The Hall–Kier alpha value is -1.63. The molecule has 0 bridgehead atoms. The second-order valence-corrected chi connectivity index (χ2v) is 3.66.